The van der Waals surface area contributed by atoms with Gasteiger partial charge in [0.15, 0.2) is 0 Å². The van der Waals surface area contributed by atoms with E-state index >= 15 is 0 Å². The maximum Gasteiger partial charge on any atom is 0.269 e. The second-order valence-corrected chi connectivity index (χ2v) is 6.10. The average molecular weight is 299 g/mol. The van der Waals surface area contributed by atoms with Crippen molar-refractivity contribution in [1.82, 2.24) is 15.1 Å². The maximum absolute atomic E-state index is 12.1. The Hall–Kier alpha value is -1.01. The van der Waals surface area contributed by atoms with E-state index in [9.17, 15) is 4.79 Å². The van der Waals surface area contributed by atoms with Crippen molar-refractivity contribution in [2.45, 2.75) is 39.7 Å². The van der Waals surface area contributed by atoms with Gasteiger partial charge in [-0.15, -0.1) is 0 Å². The highest BCUT2D eigenvalue weighted by molar-refractivity contribution is 7.99. The molecule has 0 saturated heterocycles. The fourth-order valence-electron chi connectivity index (χ4n) is 1.74. The minimum absolute atomic E-state index is 0.0611. The fraction of sp³-hybridized carbons (Fsp3) is 0.714. The van der Waals surface area contributed by atoms with E-state index in [2.05, 4.69) is 24.3 Å². The van der Waals surface area contributed by atoms with Crippen molar-refractivity contribution < 1.29 is 9.90 Å². The Balaban J connectivity index is 2.46. The molecule has 0 spiro atoms. The van der Waals surface area contributed by atoms with Crippen LogP contribution in [-0.2, 0) is 6.54 Å². The van der Waals surface area contributed by atoms with Crippen LogP contribution in [0.4, 0.5) is 0 Å². The number of hydrogen-bond donors (Lipinski definition) is 2. The van der Waals surface area contributed by atoms with Crippen LogP contribution in [0, 0.1) is 0 Å². The summed E-state index contributed by atoms with van der Waals surface area (Å²) < 4.78 is 1.75. The number of aliphatic hydroxyl groups excluding tert-OH is 1. The van der Waals surface area contributed by atoms with E-state index in [1.807, 2.05) is 13.0 Å². The monoisotopic (exact) mass is 299 g/mol. The van der Waals surface area contributed by atoms with Gasteiger partial charge in [0.05, 0.1) is 5.69 Å². The molecule has 1 rings (SSSR count). The molecule has 0 aromatic carbocycles. The highest BCUT2D eigenvalue weighted by atomic mass is 32.2. The number of aromatic nitrogens is 2. The summed E-state index contributed by atoms with van der Waals surface area (Å²) in [7, 11) is 0. The summed E-state index contributed by atoms with van der Waals surface area (Å²) in [5.41, 5.74) is 1.59. The zero-order chi connectivity index (χ0) is 15.0. The Morgan fingerprint density at radius 2 is 2.25 bits per heavy atom. The molecular formula is C14H25N3O2S. The quantitative estimate of drug-likeness (QED) is 0.683. The number of hydrogen-bond acceptors (Lipinski definition) is 4. The molecule has 1 aromatic rings. The standard InChI is InChI=1S/C14H25N3O2S/c1-4-17-13(10-12(16-17)11(2)3)14(19)15-6-9-20-8-5-7-18/h10-11,18H,4-9H2,1-3H3,(H,15,19). The number of aryl methyl sites for hydroxylation is 1. The van der Waals surface area contributed by atoms with Crippen molar-refractivity contribution in [1.29, 1.82) is 0 Å². The second kappa shape index (κ2) is 9.02. The molecule has 0 aliphatic carbocycles. The normalized spacial score (nSPS) is 11.1. The molecule has 1 aromatic heterocycles. The van der Waals surface area contributed by atoms with E-state index in [-0.39, 0.29) is 12.5 Å². The van der Waals surface area contributed by atoms with Gasteiger partial charge in [-0.05, 0) is 31.1 Å². The molecule has 20 heavy (non-hydrogen) atoms. The number of rotatable bonds is 9. The Morgan fingerprint density at radius 3 is 2.85 bits per heavy atom. The summed E-state index contributed by atoms with van der Waals surface area (Å²) in [4.78, 5) is 12.1. The first-order valence-electron chi connectivity index (χ1n) is 7.14. The Morgan fingerprint density at radius 1 is 1.50 bits per heavy atom. The van der Waals surface area contributed by atoms with Gasteiger partial charge in [-0.1, -0.05) is 13.8 Å². The van der Waals surface area contributed by atoms with Crippen LogP contribution in [-0.4, -0.2) is 45.5 Å². The van der Waals surface area contributed by atoms with Gasteiger partial charge in [-0.25, -0.2) is 0 Å². The van der Waals surface area contributed by atoms with Crippen molar-refractivity contribution in [3.63, 3.8) is 0 Å². The van der Waals surface area contributed by atoms with Crippen LogP contribution in [0.25, 0.3) is 0 Å². The van der Waals surface area contributed by atoms with E-state index in [4.69, 9.17) is 5.11 Å². The SMILES string of the molecule is CCn1nc(C(C)C)cc1C(=O)NCCSCCCO. The number of carbonyl (C=O) groups excluding carboxylic acids is 1. The smallest absolute Gasteiger partial charge is 0.269 e. The van der Waals surface area contributed by atoms with Gasteiger partial charge in [-0.2, -0.15) is 16.9 Å². The Kier molecular flexibility index (Phi) is 7.69. The van der Waals surface area contributed by atoms with E-state index in [1.54, 1.807) is 16.4 Å². The topological polar surface area (TPSA) is 67.2 Å². The first-order chi connectivity index (χ1) is 9.60. The van der Waals surface area contributed by atoms with E-state index in [0.717, 1.165) is 23.6 Å². The average Bonchev–Trinajstić information content (AvgIpc) is 2.87. The number of nitrogens with zero attached hydrogens (tertiary/aromatic N) is 2. The molecule has 0 aliphatic rings. The van der Waals surface area contributed by atoms with E-state index in [1.165, 1.54) is 0 Å². The fourth-order valence-corrected chi connectivity index (χ4v) is 2.52. The zero-order valence-electron chi connectivity index (χ0n) is 12.6. The van der Waals surface area contributed by atoms with Crippen molar-refractivity contribution >= 4 is 17.7 Å². The lowest BCUT2D eigenvalue weighted by molar-refractivity contribution is 0.0945. The molecule has 5 nitrogen and oxygen atoms in total. The number of thioether (sulfide) groups is 1. The molecule has 0 atom stereocenters. The molecule has 1 heterocycles. The second-order valence-electron chi connectivity index (χ2n) is 4.87. The third-order valence-electron chi connectivity index (χ3n) is 2.90. The third kappa shape index (κ3) is 5.17. The molecule has 0 radical (unpaired) electrons. The van der Waals surface area contributed by atoms with Crippen LogP contribution in [0.1, 0.15) is 49.3 Å². The van der Waals surface area contributed by atoms with E-state index in [0.29, 0.717) is 24.7 Å². The lowest BCUT2D eigenvalue weighted by atomic mass is 10.1. The largest absolute Gasteiger partial charge is 0.396 e. The van der Waals surface area contributed by atoms with Gasteiger partial charge < -0.3 is 10.4 Å². The zero-order valence-corrected chi connectivity index (χ0v) is 13.4. The van der Waals surface area contributed by atoms with Gasteiger partial charge in [0.25, 0.3) is 5.91 Å². The Bertz CT molecular complexity index is 419. The van der Waals surface area contributed by atoms with Crippen molar-refractivity contribution in [3.05, 3.63) is 17.5 Å². The summed E-state index contributed by atoms with van der Waals surface area (Å²) >= 11 is 1.74. The van der Waals surface area contributed by atoms with Gasteiger partial charge in [-0.3, -0.25) is 9.48 Å². The molecule has 0 aliphatic heterocycles. The van der Waals surface area contributed by atoms with Crippen molar-refractivity contribution in [2.75, 3.05) is 24.7 Å². The van der Waals surface area contributed by atoms with Crippen LogP contribution in [0.5, 0.6) is 0 Å². The lowest BCUT2D eigenvalue weighted by Gasteiger charge is -2.06. The van der Waals surface area contributed by atoms with Crippen LogP contribution < -0.4 is 5.32 Å². The van der Waals surface area contributed by atoms with E-state index < -0.39 is 0 Å². The van der Waals surface area contributed by atoms with Crippen LogP contribution >= 0.6 is 11.8 Å². The summed E-state index contributed by atoms with van der Waals surface area (Å²) in [5, 5.41) is 16.0. The molecule has 1 amide bonds. The summed E-state index contributed by atoms with van der Waals surface area (Å²) in [6.07, 6.45) is 0.805. The van der Waals surface area contributed by atoms with Gasteiger partial charge in [0.1, 0.15) is 5.69 Å². The van der Waals surface area contributed by atoms with Gasteiger partial charge >= 0.3 is 0 Å². The van der Waals surface area contributed by atoms with Crippen LogP contribution in [0.15, 0.2) is 6.07 Å². The minimum atomic E-state index is -0.0611. The molecule has 0 unspecified atom stereocenters. The number of aliphatic hydroxyl groups is 1. The molecule has 6 heteroatoms. The predicted octanol–water partition coefficient (Wildman–Crippen LogP) is 1.87. The lowest BCUT2D eigenvalue weighted by Crippen LogP contribution is -2.28. The summed E-state index contributed by atoms with van der Waals surface area (Å²) in [6.45, 7) is 7.69. The molecule has 114 valence electrons. The Labute approximate surface area is 125 Å². The molecular weight excluding hydrogens is 274 g/mol. The third-order valence-corrected chi connectivity index (χ3v) is 3.97. The van der Waals surface area contributed by atoms with Crippen molar-refractivity contribution in [3.8, 4) is 0 Å². The first kappa shape index (κ1) is 17.0. The van der Waals surface area contributed by atoms with Gasteiger partial charge in [0.2, 0.25) is 0 Å². The number of amides is 1. The van der Waals surface area contributed by atoms with Crippen LogP contribution in [0.2, 0.25) is 0 Å². The number of nitrogens with one attached hydrogen (secondary N) is 1. The highest BCUT2D eigenvalue weighted by Gasteiger charge is 2.15. The first-order valence-corrected chi connectivity index (χ1v) is 8.30. The highest BCUT2D eigenvalue weighted by Crippen LogP contribution is 2.14. The number of carbonyl (C=O) groups is 1. The summed E-state index contributed by atoms with van der Waals surface area (Å²) in [5.74, 6) is 2.05. The molecule has 0 fully saturated rings. The summed E-state index contributed by atoms with van der Waals surface area (Å²) in [6, 6.07) is 1.88. The molecule has 0 saturated carbocycles. The van der Waals surface area contributed by atoms with Crippen LogP contribution in [0.3, 0.4) is 0 Å². The van der Waals surface area contributed by atoms with Crippen molar-refractivity contribution in [2.24, 2.45) is 0 Å². The maximum atomic E-state index is 12.1. The van der Waals surface area contributed by atoms with Gasteiger partial charge in [0, 0.05) is 25.4 Å². The minimum Gasteiger partial charge on any atom is -0.396 e. The molecule has 2 N–H and O–H groups in total. The molecule has 0 bridgehead atoms. The predicted molar refractivity (Wildman–Crippen MR) is 83.4 cm³/mol.